The molecule has 3 aliphatic rings. The molecule has 1 aliphatic carbocycles. The number of aromatic nitrogens is 2. The molecule has 2 N–H and O–H groups in total. The Bertz CT molecular complexity index is 915. The van der Waals surface area contributed by atoms with E-state index in [9.17, 15) is 18.8 Å². The summed E-state index contributed by atoms with van der Waals surface area (Å²) >= 11 is 0. The van der Waals surface area contributed by atoms with Gasteiger partial charge in [-0.05, 0) is 51.9 Å². The first-order valence-electron chi connectivity index (χ1n) is 10.1. The van der Waals surface area contributed by atoms with Crippen LogP contribution in [0.25, 0.3) is 0 Å². The summed E-state index contributed by atoms with van der Waals surface area (Å²) in [5.41, 5.74) is -0.714. The second-order valence-electron chi connectivity index (χ2n) is 8.67. The molecule has 4 atom stereocenters. The van der Waals surface area contributed by atoms with Crippen molar-refractivity contribution in [2.75, 3.05) is 11.6 Å². The summed E-state index contributed by atoms with van der Waals surface area (Å²) in [4.78, 5) is 8.63. The molecule has 1 saturated carbocycles. The first-order valence-corrected chi connectivity index (χ1v) is 11.9. The summed E-state index contributed by atoms with van der Waals surface area (Å²) in [6.07, 6.45) is 7.63. The molecule has 4 rings (SSSR count). The van der Waals surface area contributed by atoms with E-state index in [0.29, 0.717) is 31.6 Å². The lowest BCUT2D eigenvalue weighted by atomic mass is 10.00. The predicted molar refractivity (Wildman–Crippen MR) is 106 cm³/mol. The van der Waals surface area contributed by atoms with Crippen LogP contribution in [0, 0.1) is 11.3 Å². The molecule has 2 unspecified atom stereocenters. The van der Waals surface area contributed by atoms with E-state index in [1.807, 2.05) is 6.07 Å². The van der Waals surface area contributed by atoms with Crippen molar-refractivity contribution in [3.8, 4) is 11.9 Å². The van der Waals surface area contributed by atoms with E-state index in [2.05, 4.69) is 15.3 Å². The lowest BCUT2D eigenvalue weighted by Gasteiger charge is -2.37. The highest BCUT2D eigenvalue weighted by atomic mass is 32.2. The van der Waals surface area contributed by atoms with Crippen molar-refractivity contribution in [2.24, 2.45) is 0 Å². The van der Waals surface area contributed by atoms with Gasteiger partial charge in [0, 0.05) is 18.1 Å². The smallest absolute Gasteiger partial charge is 0.236 e. The SMILES string of the molecule is C[C@@]1(O)CCC[C@@H]1Oc1nc(NC2CC3CCC(C2)N3S(C)(=O)=O)ncc1C#N. The van der Waals surface area contributed by atoms with Gasteiger partial charge in [-0.2, -0.15) is 14.6 Å². The lowest BCUT2D eigenvalue weighted by molar-refractivity contribution is -0.0271. The molecule has 158 valence electrons. The van der Waals surface area contributed by atoms with Crippen LogP contribution in [0.2, 0.25) is 0 Å². The zero-order valence-corrected chi connectivity index (χ0v) is 17.5. The van der Waals surface area contributed by atoms with Gasteiger partial charge in [0.05, 0.1) is 18.1 Å². The third-order valence-electron chi connectivity index (χ3n) is 6.35. The van der Waals surface area contributed by atoms with Gasteiger partial charge < -0.3 is 15.2 Å². The minimum atomic E-state index is -3.20. The second-order valence-corrected chi connectivity index (χ2v) is 10.6. The Balaban J connectivity index is 1.48. The Kier molecular flexibility index (Phi) is 5.17. The number of hydrogen-bond acceptors (Lipinski definition) is 8. The van der Waals surface area contributed by atoms with Gasteiger partial charge >= 0.3 is 0 Å². The highest BCUT2D eigenvalue weighted by Crippen LogP contribution is 2.38. The number of rotatable bonds is 5. The van der Waals surface area contributed by atoms with Gasteiger partial charge in [0.2, 0.25) is 21.9 Å². The second kappa shape index (κ2) is 7.38. The highest BCUT2D eigenvalue weighted by Gasteiger charge is 2.45. The molecule has 0 radical (unpaired) electrons. The van der Waals surface area contributed by atoms with Gasteiger partial charge in [-0.1, -0.05) is 0 Å². The number of nitrogens with one attached hydrogen (secondary N) is 1. The fraction of sp³-hybridized carbons (Fsp3) is 0.737. The summed E-state index contributed by atoms with van der Waals surface area (Å²) in [6, 6.07) is 2.11. The summed E-state index contributed by atoms with van der Waals surface area (Å²) in [7, 11) is -3.20. The van der Waals surface area contributed by atoms with Crippen LogP contribution in [0.3, 0.4) is 0 Å². The number of hydrogen-bond donors (Lipinski definition) is 2. The predicted octanol–water partition coefficient (Wildman–Crippen LogP) is 1.40. The highest BCUT2D eigenvalue weighted by molar-refractivity contribution is 7.88. The third-order valence-corrected chi connectivity index (χ3v) is 7.72. The normalized spacial score (nSPS) is 34.7. The molecule has 1 aromatic heterocycles. The van der Waals surface area contributed by atoms with Crippen molar-refractivity contribution >= 4 is 16.0 Å². The van der Waals surface area contributed by atoms with Crippen LogP contribution in [-0.4, -0.2) is 63.9 Å². The minimum absolute atomic E-state index is 0.00365. The van der Waals surface area contributed by atoms with Gasteiger partial charge in [0.15, 0.2) is 0 Å². The van der Waals surface area contributed by atoms with E-state index >= 15 is 0 Å². The molecule has 3 fully saturated rings. The van der Waals surface area contributed by atoms with Gasteiger partial charge in [0.25, 0.3) is 0 Å². The molecule has 0 amide bonds. The van der Waals surface area contributed by atoms with Gasteiger partial charge in [-0.25, -0.2) is 13.4 Å². The number of nitriles is 1. The van der Waals surface area contributed by atoms with E-state index < -0.39 is 21.7 Å². The molecular weight excluding hydrogens is 394 g/mol. The fourth-order valence-corrected chi connectivity index (χ4v) is 6.48. The van der Waals surface area contributed by atoms with Crippen LogP contribution < -0.4 is 10.1 Å². The number of fused-ring (bicyclic) bond motifs is 2. The average Bonchev–Trinajstić information content (AvgIpc) is 3.12. The summed E-state index contributed by atoms with van der Waals surface area (Å²) < 4.78 is 31.7. The van der Waals surface area contributed by atoms with Crippen LogP contribution in [-0.2, 0) is 10.0 Å². The van der Waals surface area contributed by atoms with Crippen LogP contribution >= 0.6 is 0 Å². The standard InChI is InChI=1S/C19H27N5O4S/c1-19(25)7-3-4-16(19)28-17-12(10-20)11-21-18(23-17)22-13-8-14-5-6-15(9-13)24(14)29(2,26)27/h11,13-16,25H,3-9H2,1-2H3,(H,21,22,23)/t13?,14?,15?,16-,19+/m0/s1. The topological polar surface area (TPSA) is 128 Å². The van der Waals surface area contributed by atoms with Crippen LogP contribution in [0.15, 0.2) is 6.20 Å². The van der Waals surface area contributed by atoms with Crippen molar-refractivity contribution in [3.63, 3.8) is 0 Å². The average molecular weight is 422 g/mol. The largest absolute Gasteiger partial charge is 0.470 e. The molecule has 2 bridgehead atoms. The maximum absolute atomic E-state index is 12.1. The molecular formula is C19H27N5O4S. The van der Waals surface area contributed by atoms with Gasteiger partial charge in [0.1, 0.15) is 17.7 Å². The monoisotopic (exact) mass is 421 g/mol. The van der Waals surface area contributed by atoms with Crippen molar-refractivity contribution in [1.29, 1.82) is 5.26 Å². The van der Waals surface area contributed by atoms with E-state index in [1.165, 1.54) is 12.5 Å². The molecule has 29 heavy (non-hydrogen) atoms. The Morgan fingerprint density at radius 3 is 2.59 bits per heavy atom. The fourth-order valence-electron chi connectivity index (χ4n) is 5.02. The molecule has 0 aromatic carbocycles. The molecule has 3 heterocycles. The van der Waals surface area contributed by atoms with Crippen molar-refractivity contribution < 1.29 is 18.3 Å². The zero-order valence-electron chi connectivity index (χ0n) is 16.7. The number of anilines is 1. The summed E-state index contributed by atoms with van der Waals surface area (Å²) in [5, 5.41) is 23.1. The molecule has 0 spiro atoms. The Morgan fingerprint density at radius 2 is 2.03 bits per heavy atom. The summed E-state index contributed by atoms with van der Waals surface area (Å²) in [5.74, 6) is 0.530. The van der Waals surface area contributed by atoms with E-state index in [0.717, 1.165) is 19.3 Å². The van der Waals surface area contributed by atoms with E-state index in [1.54, 1.807) is 11.2 Å². The zero-order chi connectivity index (χ0) is 20.8. The van der Waals surface area contributed by atoms with Gasteiger partial charge in [-0.3, -0.25) is 0 Å². The van der Waals surface area contributed by atoms with Gasteiger partial charge in [-0.15, -0.1) is 0 Å². The first-order chi connectivity index (χ1) is 13.7. The van der Waals surface area contributed by atoms with E-state index in [-0.39, 0.29) is 29.6 Å². The molecule has 10 heteroatoms. The minimum Gasteiger partial charge on any atom is -0.470 e. The maximum atomic E-state index is 12.1. The molecule has 1 aromatic rings. The Morgan fingerprint density at radius 1 is 1.34 bits per heavy atom. The number of sulfonamides is 1. The summed E-state index contributed by atoms with van der Waals surface area (Å²) in [6.45, 7) is 1.74. The number of nitrogens with zero attached hydrogens (tertiary/aromatic N) is 4. The Hall–Kier alpha value is -1.96. The van der Waals surface area contributed by atoms with Crippen LogP contribution in [0.5, 0.6) is 5.88 Å². The third kappa shape index (κ3) is 4.04. The van der Waals surface area contributed by atoms with Crippen molar-refractivity contribution in [2.45, 2.75) is 81.7 Å². The van der Waals surface area contributed by atoms with Crippen molar-refractivity contribution in [3.05, 3.63) is 11.8 Å². The number of aliphatic hydroxyl groups is 1. The molecule has 2 aliphatic heterocycles. The van der Waals surface area contributed by atoms with E-state index in [4.69, 9.17) is 4.74 Å². The maximum Gasteiger partial charge on any atom is 0.236 e. The van der Waals surface area contributed by atoms with Crippen molar-refractivity contribution in [1.82, 2.24) is 14.3 Å². The Labute approximate surface area is 171 Å². The van der Waals surface area contributed by atoms with Crippen LogP contribution in [0.4, 0.5) is 5.95 Å². The quantitative estimate of drug-likeness (QED) is 0.730. The lowest BCUT2D eigenvalue weighted by Crippen LogP contribution is -2.49. The van der Waals surface area contributed by atoms with Crippen LogP contribution in [0.1, 0.15) is 57.4 Å². The number of piperidine rings is 1. The molecule has 2 saturated heterocycles. The molecule has 9 nitrogen and oxygen atoms in total. The number of ether oxygens (including phenoxy) is 1. The first kappa shape index (κ1) is 20.3.